The third-order valence-electron chi connectivity index (χ3n) is 6.08. The topological polar surface area (TPSA) is 25.8 Å². The molecule has 2 nitrogen and oxygen atoms in total. The van der Waals surface area contributed by atoms with Crippen molar-refractivity contribution in [2.24, 2.45) is 0 Å². The summed E-state index contributed by atoms with van der Waals surface area (Å²) in [5.74, 6) is 0. The zero-order valence-electron chi connectivity index (χ0n) is 16.6. The van der Waals surface area contributed by atoms with Gasteiger partial charge in [0, 0.05) is 34.1 Å². The van der Waals surface area contributed by atoms with Crippen LogP contribution in [0.3, 0.4) is 0 Å². The summed E-state index contributed by atoms with van der Waals surface area (Å²) in [5.41, 5.74) is 7.37. The summed E-state index contributed by atoms with van der Waals surface area (Å²) in [5, 5.41) is 3.77. The number of benzene rings is 2. The van der Waals surface area contributed by atoms with Crippen molar-refractivity contribution in [1.82, 2.24) is 9.97 Å². The van der Waals surface area contributed by atoms with Gasteiger partial charge < -0.3 is 0 Å². The van der Waals surface area contributed by atoms with Crippen LogP contribution in [0.4, 0.5) is 0 Å². The van der Waals surface area contributed by atoms with Gasteiger partial charge >= 0.3 is 0 Å². The molecule has 0 spiro atoms. The molecular weight excluding hydrogens is 328 g/mol. The minimum absolute atomic E-state index is 0.116. The van der Waals surface area contributed by atoms with Crippen molar-refractivity contribution in [2.75, 3.05) is 0 Å². The van der Waals surface area contributed by atoms with Crippen LogP contribution in [-0.2, 0) is 10.8 Å². The van der Waals surface area contributed by atoms with E-state index in [2.05, 4.69) is 82.1 Å². The van der Waals surface area contributed by atoms with Crippen molar-refractivity contribution < 1.29 is 0 Å². The van der Waals surface area contributed by atoms with Gasteiger partial charge in [-0.1, -0.05) is 65.0 Å². The van der Waals surface area contributed by atoms with Crippen molar-refractivity contribution in [2.45, 2.75) is 45.4 Å². The highest BCUT2D eigenvalue weighted by atomic mass is 14.7. The Morgan fingerprint density at radius 3 is 2.52 bits per heavy atom. The normalized spacial score (nSPS) is 15.1. The number of hydrogen-bond donors (Lipinski definition) is 0. The molecule has 0 aliphatic heterocycles. The van der Waals surface area contributed by atoms with Crippen LogP contribution in [0.2, 0.25) is 0 Å². The standard InChI is InChI=1S/C25H24N2/c1-24(2,3)16-10-9-15-14-27-23-17-11-12-26-20-8-6-7-19(21(17)20)25(4,5)22(23)18(15)13-16/h6-14H,1-5H3. The predicted octanol–water partition coefficient (Wildman–Crippen LogP) is 6.39. The highest BCUT2D eigenvalue weighted by molar-refractivity contribution is 6.04. The number of hydrogen-bond acceptors (Lipinski definition) is 2. The Morgan fingerprint density at radius 2 is 1.74 bits per heavy atom. The van der Waals surface area contributed by atoms with Crippen molar-refractivity contribution in [3.05, 3.63) is 71.5 Å². The van der Waals surface area contributed by atoms with Crippen LogP contribution in [0.1, 0.15) is 51.3 Å². The summed E-state index contributed by atoms with van der Waals surface area (Å²) in [6, 6.07) is 15.4. The Bertz CT molecular complexity index is 1220. The largest absolute Gasteiger partial charge is 0.256 e. The number of nitrogens with zero attached hydrogens (tertiary/aromatic N) is 2. The quantitative estimate of drug-likeness (QED) is 0.366. The number of pyridine rings is 2. The number of rotatable bonds is 0. The first-order chi connectivity index (χ1) is 12.8. The smallest absolute Gasteiger partial charge is 0.0756 e. The van der Waals surface area contributed by atoms with Crippen LogP contribution >= 0.6 is 0 Å². The van der Waals surface area contributed by atoms with E-state index in [-0.39, 0.29) is 10.8 Å². The average Bonchev–Trinajstić information content (AvgIpc) is 2.64. The van der Waals surface area contributed by atoms with Crippen LogP contribution in [0.25, 0.3) is 32.9 Å². The molecule has 2 aromatic heterocycles. The minimum atomic E-state index is -0.131. The lowest BCUT2D eigenvalue weighted by Gasteiger charge is -2.35. The number of aromatic nitrogens is 2. The summed E-state index contributed by atoms with van der Waals surface area (Å²) < 4.78 is 0. The average molecular weight is 352 g/mol. The molecule has 0 saturated heterocycles. The Labute approximate surface area is 160 Å². The van der Waals surface area contributed by atoms with Gasteiger partial charge in [0.2, 0.25) is 0 Å². The van der Waals surface area contributed by atoms with Gasteiger partial charge in [0.25, 0.3) is 0 Å². The van der Waals surface area contributed by atoms with E-state index in [1.54, 1.807) is 0 Å². The molecule has 2 heteroatoms. The van der Waals surface area contributed by atoms with Gasteiger partial charge in [-0.3, -0.25) is 9.97 Å². The van der Waals surface area contributed by atoms with Gasteiger partial charge in [0.15, 0.2) is 0 Å². The predicted molar refractivity (Wildman–Crippen MR) is 113 cm³/mol. The molecule has 2 aromatic carbocycles. The molecule has 0 saturated carbocycles. The fraction of sp³-hybridized carbons (Fsp3) is 0.280. The molecule has 0 amide bonds. The number of fused-ring (bicyclic) bond motifs is 4. The summed E-state index contributed by atoms with van der Waals surface area (Å²) in [6.07, 6.45) is 3.93. The Kier molecular flexibility index (Phi) is 3.14. The third-order valence-corrected chi connectivity index (χ3v) is 6.08. The maximum Gasteiger partial charge on any atom is 0.0756 e. The first-order valence-electron chi connectivity index (χ1n) is 9.61. The van der Waals surface area contributed by atoms with Gasteiger partial charge in [-0.15, -0.1) is 0 Å². The molecule has 5 rings (SSSR count). The van der Waals surface area contributed by atoms with E-state index in [4.69, 9.17) is 4.98 Å². The maximum atomic E-state index is 4.93. The molecule has 0 radical (unpaired) electrons. The zero-order valence-corrected chi connectivity index (χ0v) is 16.6. The fourth-order valence-corrected chi connectivity index (χ4v) is 4.57. The zero-order chi connectivity index (χ0) is 19.0. The molecular formula is C25H24N2. The van der Waals surface area contributed by atoms with Gasteiger partial charge in [-0.25, -0.2) is 0 Å². The van der Waals surface area contributed by atoms with E-state index >= 15 is 0 Å². The minimum Gasteiger partial charge on any atom is -0.256 e. The van der Waals surface area contributed by atoms with Gasteiger partial charge in [-0.2, -0.15) is 0 Å². The lowest BCUT2D eigenvalue weighted by molar-refractivity contribution is 0.590. The van der Waals surface area contributed by atoms with Crippen molar-refractivity contribution >= 4 is 21.7 Å². The fourth-order valence-electron chi connectivity index (χ4n) is 4.57. The SMILES string of the molecule is CC(C)(C)c1ccc2cnc3c(c2c1)C(C)(C)c1cccc2nccc-3c12. The van der Waals surface area contributed by atoms with E-state index in [1.807, 2.05) is 12.4 Å². The van der Waals surface area contributed by atoms with Crippen LogP contribution in [0.5, 0.6) is 0 Å². The lowest BCUT2D eigenvalue weighted by Crippen LogP contribution is -2.25. The molecule has 0 bridgehead atoms. The van der Waals surface area contributed by atoms with Crippen molar-refractivity contribution in [1.29, 1.82) is 0 Å². The molecule has 1 aliphatic carbocycles. The summed E-state index contributed by atoms with van der Waals surface area (Å²) in [4.78, 5) is 9.54. The van der Waals surface area contributed by atoms with Gasteiger partial charge in [-0.05, 0) is 39.6 Å². The van der Waals surface area contributed by atoms with E-state index in [9.17, 15) is 0 Å². The summed E-state index contributed by atoms with van der Waals surface area (Å²) >= 11 is 0. The molecule has 134 valence electrons. The highest BCUT2D eigenvalue weighted by Crippen LogP contribution is 2.49. The summed E-state index contributed by atoms with van der Waals surface area (Å²) in [7, 11) is 0. The Balaban J connectivity index is 1.97. The van der Waals surface area contributed by atoms with E-state index < -0.39 is 0 Å². The second-order valence-corrected chi connectivity index (χ2v) is 9.22. The van der Waals surface area contributed by atoms with Crippen LogP contribution in [0, 0.1) is 0 Å². The molecule has 4 aromatic rings. The van der Waals surface area contributed by atoms with Gasteiger partial charge in [0.1, 0.15) is 0 Å². The molecule has 1 aliphatic rings. The first-order valence-corrected chi connectivity index (χ1v) is 9.61. The molecule has 0 N–H and O–H groups in total. The third kappa shape index (κ3) is 2.19. The second kappa shape index (κ2) is 5.16. The van der Waals surface area contributed by atoms with Crippen molar-refractivity contribution in [3.8, 4) is 11.3 Å². The molecule has 0 fully saturated rings. The van der Waals surface area contributed by atoms with E-state index in [0.29, 0.717) is 0 Å². The molecule has 0 unspecified atom stereocenters. The summed E-state index contributed by atoms with van der Waals surface area (Å²) in [6.45, 7) is 11.5. The van der Waals surface area contributed by atoms with E-state index in [0.717, 1.165) is 11.2 Å². The molecule has 27 heavy (non-hydrogen) atoms. The molecule has 0 atom stereocenters. The van der Waals surface area contributed by atoms with Crippen LogP contribution in [-0.4, -0.2) is 9.97 Å². The second-order valence-electron chi connectivity index (χ2n) is 9.22. The monoisotopic (exact) mass is 352 g/mol. The molecule has 2 heterocycles. The van der Waals surface area contributed by atoms with Crippen molar-refractivity contribution in [3.63, 3.8) is 0 Å². The van der Waals surface area contributed by atoms with Crippen LogP contribution < -0.4 is 0 Å². The van der Waals surface area contributed by atoms with Gasteiger partial charge in [0.05, 0.1) is 11.2 Å². The van der Waals surface area contributed by atoms with Crippen LogP contribution in [0.15, 0.2) is 54.9 Å². The Morgan fingerprint density at radius 1 is 0.926 bits per heavy atom. The van der Waals surface area contributed by atoms with E-state index in [1.165, 1.54) is 38.4 Å². The Hall–Kier alpha value is -2.74. The highest BCUT2D eigenvalue weighted by Gasteiger charge is 2.36. The first kappa shape index (κ1) is 16.4. The maximum absolute atomic E-state index is 4.93. The lowest BCUT2D eigenvalue weighted by atomic mass is 9.69.